The molecule has 0 aliphatic rings. The van der Waals surface area contributed by atoms with Crippen molar-refractivity contribution in [2.45, 2.75) is 25.9 Å². The number of nitrogens with one attached hydrogen (secondary N) is 1. The lowest BCUT2D eigenvalue weighted by molar-refractivity contribution is -0.142. The van der Waals surface area contributed by atoms with Crippen LogP contribution < -0.4 is 5.09 Å². The molecule has 1 heterocycles. The normalized spacial score (nSPS) is 13.1. The number of ether oxygens (including phenoxy) is 1. The zero-order valence-corrected chi connectivity index (χ0v) is 14.4. The van der Waals surface area contributed by atoms with Crippen LogP contribution in [-0.2, 0) is 26.7 Å². The van der Waals surface area contributed by atoms with Gasteiger partial charge in [-0.3, -0.25) is 14.4 Å². The van der Waals surface area contributed by atoms with Crippen molar-refractivity contribution in [3.8, 4) is 0 Å². The van der Waals surface area contributed by atoms with Gasteiger partial charge in [0.15, 0.2) is 0 Å². The van der Waals surface area contributed by atoms with E-state index in [-0.39, 0.29) is 24.4 Å². The standard InChI is InChI=1S/C17H21N2O4P/c1-2-11-23-16(20)12-15-9-6-10-18-17(15)19-24(21,22)13-14-7-4-3-5-8-14/h3-10H,2,11-13H2,1H3,(H2,18,19,21,22). The maximum Gasteiger partial charge on any atom is 0.310 e. The van der Waals surface area contributed by atoms with Crippen LogP contribution >= 0.6 is 7.52 Å². The molecule has 0 spiro atoms. The fourth-order valence-electron chi connectivity index (χ4n) is 2.14. The summed E-state index contributed by atoms with van der Waals surface area (Å²) >= 11 is 0. The number of carbonyl (C=O) groups excluding carboxylic acids is 1. The second-order valence-electron chi connectivity index (χ2n) is 5.37. The maximum absolute atomic E-state index is 12.5. The molecular formula is C17H21N2O4P. The quantitative estimate of drug-likeness (QED) is 0.562. The topological polar surface area (TPSA) is 88.5 Å². The molecular weight excluding hydrogens is 327 g/mol. The highest BCUT2D eigenvalue weighted by molar-refractivity contribution is 7.58. The summed E-state index contributed by atoms with van der Waals surface area (Å²) in [6.45, 7) is 2.27. The Bertz CT molecular complexity index is 722. The fourth-order valence-corrected chi connectivity index (χ4v) is 3.46. The Hall–Kier alpha value is -2.17. The number of anilines is 1. The van der Waals surface area contributed by atoms with Gasteiger partial charge in [0.2, 0.25) is 0 Å². The average Bonchev–Trinajstić information content (AvgIpc) is 2.55. The number of hydrogen-bond acceptors (Lipinski definition) is 4. The molecule has 1 aromatic heterocycles. The molecule has 2 rings (SSSR count). The van der Waals surface area contributed by atoms with Crippen LogP contribution in [0.4, 0.5) is 5.82 Å². The number of carbonyl (C=O) groups is 1. The van der Waals surface area contributed by atoms with E-state index in [9.17, 15) is 14.3 Å². The van der Waals surface area contributed by atoms with Crippen molar-refractivity contribution >= 4 is 19.3 Å². The SMILES string of the molecule is CCCOC(=O)Cc1cccnc1NP(=O)(O)Cc1ccccc1. The summed E-state index contributed by atoms with van der Waals surface area (Å²) < 4.78 is 17.5. The highest BCUT2D eigenvalue weighted by Crippen LogP contribution is 2.44. The van der Waals surface area contributed by atoms with Crippen LogP contribution in [0.3, 0.4) is 0 Å². The zero-order valence-electron chi connectivity index (χ0n) is 13.5. The van der Waals surface area contributed by atoms with Gasteiger partial charge in [-0.25, -0.2) is 4.98 Å². The van der Waals surface area contributed by atoms with Crippen LogP contribution in [0, 0.1) is 0 Å². The molecule has 2 N–H and O–H groups in total. The summed E-state index contributed by atoms with van der Waals surface area (Å²) in [5, 5.41) is 2.59. The zero-order chi connectivity index (χ0) is 17.4. The van der Waals surface area contributed by atoms with Gasteiger partial charge >= 0.3 is 5.97 Å². The first-order valence-electron chi connectivity index (χ1n) is 7.73. The second-order valence-corrected chi connectivity index (χ2v) is 7.31. The van der Waals surface area contributed by atoms with E-state index in [1.807, 2.05) is 25.1 Å². The summed E-state index contributed by atoms with van der Waals surface area (Å²) in [5.41, 5.74) is 1.27. The molecule has 6 nitrogen and oxygen atoms in total. The van der Waals surface area contributed by atoms with E-state index in [0.717, 1.165) is 12.0 Å². The van der Waals surface area contributed by atoms with Crippen molar-refractivity contribution in [3.63, 3.8) is 0 Å². The lowest BCUT2D eigenvalue weighted by atomic mass is 10.2. The summed E-state index contributed by atoms with van der Waals surface area (Å²) in [6.07, 6.45) is 2.23. The predicted octanol–water partition coefficient (Wildman–Crippen LogP) is 3.37. The van der Waals surface area contributed by atoms with Crippen LogP contribution in [-0.4, -0.2) is 22.5 Å². The number of rotatable bonds is 8. The van der Waals surface area contributed by atoms with E-state index in [4.69, 9.17) is 4.74 Å². The average molecular weight is 348 g/mol. The number of hydrogen-bond donors (Lipinski definition) is 2. The molecule has 0 bridgehead atoms. The molecule has 0 saturated carbocycles. The highest BCUT2D eigenvalue weighted by Gasteiger charge is 2.21. The van der Waals surface area contributed by atoms with Crippen molar-refractivity contribution in [1.82, 2.24) is 4.98 Å². The van der Waals surface area contributed by atoms with Gasteiger partial charge in [0.05, 0.1) is 19.2 Å². The predicted molar refractivity (Wildman–Crippen MR) is 92.8 cm³/mol. The van der Waals surface area contributed by atoms with E-state index in [1.54, 1.807) is 24.3 Å². The van der Waals surface area contributed by atoms with Crippen LogP contribution in [0.15, 0.2) is 48.7 Å². The lowest BCUT2D eigenvalue weighted by Gasteiger charge is -2.16. The third kappa shape index (κ3) is 5.80. The van der Waals surface area contributed by atoms with Crippen molar-refractivity contribution in [2.24, 2.45) is 0 Å². The number of nitrogens with zero attached hydrogens (tertiary/aromatic N) is 1. The minimum Gasteiger partial charge on any atom is -0.465 e. The van der Waals surface area contributed by atoms with E-state index >= 15 is 0 Å². The van der Waals surface area contributed by atoms with Gasteiger partial charge in [-0.05, 0) is 18.1 Å². The molecule has 24 heavy (non-hydrogen) atoms. The Balaban J connectivity index is 2.08. The molecule has 7 heteroatoms. The highest BCUT2D eigenvalue weighted by atomic mass is 31.2. The monoisotopic (exact) mass is 348 g/mol. The Morgan fingerprint density at radius 1 is 1.25 bits per heavy atom. The van der Waals surface area contributed by atoms with Crippen LogP contribution in [0.5, 0.6) is 0 Å². The third-order valence-corrected chi connectivity index (χ3v) is 4.57. The molecule has 1 aromatic carbocycles. The summed E-state index contributed by atoms with van der Waals surface area (Å²) in [6, 6.07) is 12.4. The smallest absolute Gasteiger partial charge is 0.310 e. The van der Waals surface area contributed by atoms with Gasteiger partial charge in [0, 0.05) is 11.8 Å². The molecule has 0 saturated heterocycles. The molecule has 0 amide bonds. The van der Waals surface area contributed by atoms with Crippen LogP contribution in [0.2, 0.25) is 0 Å². The van der Waals surface area contributed by atoms with Gasteiger partial charge in [-0.2, -0.15) is 0 Å². The van der Waals surface area contributed by atoms with Gasteiger partial charge in [-0.15, -0.1) is 0 Å². The lowest BCUT2D eigenvalue weighted by Crippen LogP contribution is -2.11. The van der Waals surface area contributed by atoms with E-state index in [0.29, 0.717) is 12.2 Å². The molecule has 0 aliphatic carbocycles. The van der Waals surface area contributed by atoms with Gasteiger partial charge in [-0.1, -0.05) is 43.3 Å². The molecule has 2 aromatic rings. The number of aromatic nitrogens is 1. The third-order valence-electron chi connectivity index (χ3n) is 3.21. The van der Waals surface area contributed by atoms with Gasteiger partial charge in [0.25, 0.3) is 7.52 Å². The van der Waals surface area contributed by atoms with Crippen molar-refractivity contribution in [1.29, 1.82) is 0 Å². The van der Waals surface area contributed by atoms with Crippen LogP contribution in [0.1, 0.15) is 24.5 Å². The van der Waals surface area contributed by atoms with E-state index < -0.39 is 7.52 Å². The Kier molecular flexibility index (Phi) is 6.53. The Morgan fingerprint density at radius 2 is 2.00 bits per heavy atom. The van der Waals surface area contributed by atoms with Gasteiger partial charge in [0.1, 0.15) is 5.82 Å². The minimum atomic E-state index is -3.69. The van der Waals surface area contributed by atoms with Crippen molar-refractivity contribution in [3.05, 3.63) is 59.8 Å². The summed E-state index contributed by atoms with van der Waals surface area (Å²) in [7, 11) is -3.69. The molecule has 0 aliphatic heterocycles. The Morgan fingerprint density at radius 3 is 2.71 bits per heavy atom. The van der Waals surface area contributed by atoms with Crippen LogP contribution in [0.25, 0.3) is 0 Å². The number of esters is 1. The van der Waals surface area contributed by atoms with Crippen molar-refractivity contribution < 1.29 is 19.0 Å². The van der Waals surface area contributed by atoms with E-state index in [1.165, 1.54) is 6.20 Å². The largest absolute Gasteiger partial charge is 0.465 e. The minimum absolute atomic E-state index is 0.00150. The Labute approximate surface area is 141 Å². The summed E-state index contributed by atoms with van der Waals surface area (Å²) in [5.74, 6) is -0.156. The first-order valence-corrected chi connectivity index (χ1v) is 9.58. The molecule has 0 fully saturated rings. The van der Waals surface area contributed by atoms with Crippen molar-refractivity contribution in [2.75, 3.05) is 11.7 Å². The fraction of sp³-hybridized carbons (Fsp3) is 0.294. The maximum atomic E-state index is 12.5. The first-order chi connectivity index (χ1) is 11.5. The number of pyridine rings is 1. The number of benzene rings is 1. The second kappa shape index (κ2) is 8.62. The summed E-state index contributed by atoms with van der Waals surface area (Å²) in [4.78, 5) is 26.1. The first kappa shape index (κ1) is 18.2. The molecule has 128 valence electrons. The molecule has 1 atom stereocenters. The molecule has 1 unspecified atom stereocenters. The van der Waals surface area contributed by atoms with Gasteiger partial charge < -0.3 is 9.63 Å². The van der Waals surface area contributed by atoms with E-state index in [2.05, 4.69) is 10.1 Å². The molecule has 0 radical (unpaired) electrons.